The van der Waals surface area contributed by atoms with Gasteiger partial charge in [0.15, 0.2) is 0 Å². The van der Waals surface area contributed by atoms with Crippen LogP contribution in [-0.2, 0) is 21.1 Å². The van der Waals surface area contributed by atoms with Gasteiger partial charge in [-0.1, -0.05) is 18.2 Å². The van der Waals surface area contributed by atoms with Gasteiger partial charge in [-0.05, 0) is 12.1 Å². The van der Waals surface area contributed by atoms with Crippen molar-refractivity contribution in [1.29, 1.82) is 0 Å². The van der Waals surface area contributed by atoms with Crippen molar-refractivity contribution in [3.05, 3.63) is 30.3 Å². The van der Waals surface area contributed by atoms with Gasteiger partial charge in [0.2, 0.25) is 0 Å². The molecule has 0 saturated heterocycles. The number of hydrogen-bond donors (Lipinski definition) is 1. The maximum Gasteiger partial charge on any atom is 0.119 e. The second-order valence-corrected chi connectivity index (χ2v) is 1.89. The summed E-state index contributed by atoms with van der Waals surface area (Å²) in [5.74, 6) is 0.802. The van der Waals surface area contributed by atoms with E-state index in [1.165, 1.54) is 0 Å². The molecule has 1 aromatic rings. The van der Waals surface area contributed by atoms with Gasteiger partial charge in [0.1, 0.15) is 12.4 Å². The molecule has 0 aliphatic rings. The van der Waals surface area contributed by atoms with Crippen LogP contribution >= 0.6 is 0 Å². The molecule has 11 heavy (non-hydrogen) atoms. The molecule has 0 unspecified atom stereocenters. The average molecular weight is 234 g/mol. The van der Waals surface area contributed by atoms with Crippen LogP contribution in [-0.4, -0.2) is 18.3 Å². The first-order valence-electron chi connectivity index (χ1n) is 3.22. The molecular weight excluding hydrogens is 224 g/mol. The van der Waals surface area contributed by atoms with E-state index in [1.54, 1.807) is 0 Å². The van der Waals surface area contributed by atoms with E-state index in [9.17, 15) is 0 Å². The summed E-state index contributed by atoms with van der Waals surface area (Å²) in [5.41, 5.74) is 0. The number of benzene rings is 1. The molecule has 0 bridgehead atoms. The summed E-state index contributed by atoms with van der Waals surface area (Å²) in [6, 6.07) is 9.43. The second-order valence-electron chi connectivity index (χ2n) is 1.89. The third-order valence-electron chi connectivity index (χ3n) is 1.10. The van der Waals surface area contributed by atoms with Crippen LogP contribution in [0.5, 0.6) is 5.75 Å². The molecule has 1 aromatic carbocycles. The van der Waals surface area contributed by atoms with Gasteiger partial charge in [-0.15, -0.1) is 0 Å². The van der Waals surface area contributed by atoms with E-state index in [4.69, 9.17) is 9.84 Å². The van der Waals surface area contributed by atoms with Crippen LogP contribution in [0.3, 0.4) is 0 Å². The molecule has 0 amide bonds. The second kappa shape index (κ2) is 6.38. The van der Waals surface area contributed by atoms with Crippen molar-refractivity contribution >= 4 is 0 Å². The number of ether oxygens (including phenoxy) is 1. The number of aliphatic hydroxyl groups is 1. The van der Waals surface area contributed by atoms with Crippen LogP contribution in [0.2, 0.25) is 0 Å². The minimum atomic E-state index is 0. The van der Waals surface area contributed by atoms with Crippen LogP contribution in [0.25, 0.3) is 0 Å². The summed E-state index contributed by atoms with van der Waals surface area (Å²) in [6.45, 7) is 0.429. The molecule has 0 atom stereocenters. The van der Waals surface area contributed by atoms with Gasteiger partial charge in [0, 0.05) is 21.1 Å². The third-order valence-corrected chi connectivity index (χ3v) is 1.10. The molecular formula is C8H10MoO2. The van der Waals surface area contributed by atoms with Gasteiger partial charge in [-0.25, -0.2) is 0 Å². The van der Waals surface area contributed by atoms with Gasteiger partial charge in [-0.3, -0.25) is 0 Å². The standard InChI is InChI=1S/C8H10O2.Mo/c9-6-7-10-8-4-2-1-3-5-8;/h1-5,9H,6-7H2;. The fraction of sp³-hybridized carbons (Fsp3) is 0.250. The van der Waals surface area contributed by atoms with Crippen molar-refractivity contribution in [1.82, 2.24) is 0 Å². The molecule has 0 saturated carbocycles. The Morgan fingerprint density at radius 2 is 1.82 bits per heavy atom. The molecule has 0 aliphatic heterocycles. The zero-order chi connectivity index (χ0) is 7.23. The summed E-state index contributed by atoms with van der Waals surface area (Å²) < 4.78 is 5.11. The first kappa shape index (κ1) is 10.7. The molecule has 0 aliphatic carbocycles. The third kappa shape index (κ3) is 4.18. The van der Waals surface area contributed by atoms with Gasteiger partial charge in [-0.2, -0.15) is 0 Å². The normalized spacial score (nSPS) is 8.45. The average Bonchev–Trinajstić information content (AvgIpc) is 2.03. The minimum Gasteiger partial charge on any atom is -0.491 e. The van der Waals surface area contributed by atoms with Crippen LogP contribution in [0.1, 0.15) is 0 Å². The Morgan fingerprint density at radius 1 is 1.18 bits per heavy atom. The van der Waals surface area contributed by atoms with Gasteiger partial charge in [0.25, 0.3) is 0 Å². The molecule has 2 nitrogen and oxygen atoms in total. The quantitative estimate of drug-likeness (QED) is 0.792. The van der Waals surface area contributed by atoms with Crippen molar-refractivity contribution in [3.8, 4) is 5.75 Å². The van der Waals surface area contributed by atoms with Crippen molar-refractivity contribution in [2.75, 3.05) is 13.2 Å². The molecule has 60 valence electrons. The number of rotatable bonds is 3. The van der Waals surface area contributed by atoms with Gasteiger partial charge >= 0.3 is 0 Å². The molecule has 0 radical (unpaired) electrons. The van der Waals surface area contributed by atoms with E-state index in [0.29, 0.717) is 6.61 Å². The molecule has 0 aromatic heterocycles. The Bertz CT molecular complexity index is 177. The monoisotopic (exact) mass is 236 g/mol. The Labute approximate surface area is 80.5 Å². The van der Waals surface area contributed by atoms with E-state index in [-0.39, 0.29) is 27.7 Å². The summed E-state index contributed by atoms with van der Waals surface area (Å²) in [5, 5.41) is 8.40. The van der Waals surface area contributed by atoms with E-state index in [1.807, 2.05) is 30.3 Å². The van der Waals surface area contributed by atoms with E-state index in [2.05, 4.69) is 0 Å². The van der Waals surface area contributed by atoms with Crippen molar-refractivity contribution in [3.63, 3.8) is 0 Å². The molecule has 0 fully saturated rings. The number of para-hydroxylation sites is 1. The first-order valence-corrected chi connectivity index (χ1v) is 3.22. The maximum absolute atomic E-state index is 8.40. The Kier molecular flexibility index (Phi) is 6.19. The maximum atomic E-state index is 8.40. The largest absolute Gasteiger partial charge is 0.491 e. The Morgan fingerprint density at radius 3 is 2.36 bits per heavy atom. The topological polar surface area (TPSA) is 29.5 Å². The van der Waals surface area contributed by atoms with Crippen LogP contribution < -0.4 is 4.74 Å². The van der Waals surface area contributed by atoms with Gasteiger partial charge < -0.3 is 9.84 Å². The zero-order valence-corrected chi connectivity index (χ0v) is 8.07. The van der Waals surface area contributed by atoms with Gasteiger partial charge in [0.05, 0.1) is 6.61 Å². The zero-order valence-electron chi connectivity index (χ0n) is 6.06. The van der Waals surface area contributed by atoms with Crippen molar-refractivity contribution < 1.29 is 30.9 Å². The Hall–Kier alpha value is -0.332. The summed E-state index contributed by atoms with van der Waals surface area (Å²) in [4.78, 5) is 0. The van der Waals surface area contributed by atoms with Crippen LogP contribution in [0, 0.1) is 0 Å². The van der Waals surface area contributed by atoms with E-state index in [0.717, 1.165) is 5.75 Å². The minimum absolute atomic E-state index is 0. The summed E-state index contributed by atoms with van der Waals surface area (Å²) in [6.07, 6.45) is 0. The van der Waals surface area contributed by atoms with E-state index < -0.39 is 0 Å². The molecule has 0 heterocycles. The van der Waals surface area contributed by atoms with Crippen molar-refractivity contribution in [2.24, 2.45) is 0 Å². The predicted octanol–water partition coefficient (Wildman–Crippen LogP) is 1.06. The molecule has 0 spiro atoms. The smallest absolute Gasteiger partial charge is 0.119 e. The van der Waals surface area contributed by atoms with Crippen LogP contribution in [0.4, 0.5) is 0 Å². The van der Waals surface area contributed by atoms with Crippen LogP contribution in [0.15, 0.2) is 30.3 Å². The number of hydrogen-bond acceptors (Lipinski definition) is 2. The molecule has 1 rings (SSSR count). The molecule has 1 N–H and O–H groups in total. The number of aliphatic hydroxyl groups excluding tert-OH is 1. The Balaban J connectivity index is 0.000001000. The summed E-state index contributed by atoms with van der Waals surface area (Å²) in [7, 11) is 0. The predicted molar refractivity (Wildman–Crippen MR) is 39.0 cm³/mol. The summed E-state index contributed by atoms with van der Waals surface area (Å²) >= 11 is 0. The van der Waals surface area contributed by atoms with Crippen molar-refractivity contribution in [2.45, 2.75) is 0 Å². The SMILES string of the molecule is OCCOc1ccccc1.[Mo]. The fourth-order valence-electron chi connectivity index (χ4n) is 0.680. The first-order chi connectivity index (χ1) is 4.93. The fourth-order valence-corrected chi connectivity index (χ4v) is 0.680. The van der Waals surface area contributed by atoms with E-state index >= 15 is 0 Å². The molecule has 3 heteroatoms.